The first-order chi connectivity index (χ1) is 8.25. The first-order valence-corrected chi connectivity index (χ1v) is 5.31. The van der Waals surface area contributed by atoms with Crippen LogP contribution in [0.15, 0.2) is 30.5 Å². The zero-order valence-corrected chi connectivity index (χ0v) is 9.18. The predicted molar refractivity (Wildman–Crippen MR) is 62.4 cm³/mol. The van der Waals surface area contributed by atoms with Gasteiger partial charge in [0.25, 0.3) is 0 Å². The second-order valence-electron chi connectivity index (χ2n) is 3.53. The number of benzene rings is 1. The van der Waals surface area contributed by atoms with Crippen LogP contribution in [0.1, 0.15) is 6.42 Å². The van der Waals surface area contributed by atoms with Crippen molar-refractivity contribution in [2.24, 2.45) is 0 Å². The summed E-state index contributed by atoms with van der Waals surface area (Å²) in [5, 5.41) is 11.3. The maximum absolute atomic E-state index is 10.3. The molecule has 0 unspecified atom stereocenters. The Morgan fingerprint density at radius 1 is 1.29 bits per heavy atom. The third-order valence-corrected chi connectivity index (χ3v) is 2.22. The van der Waals surface area contributed by atoms with Crippen LogP contribution in [0.5, 0.6) is 11.5 Å². The van der Waals surface area contributed by atoms with Crippen molar-refractivity contribution in [1.29, 1.82) is 0 Å². The number of hydrogen-bond donors (Lipinski definition) is 2. The zero-order valence-electron chi connectivity index (χ0n) is 9.18. The number of anilines is 1. The molecule has 90 valence electrons. The van der Waals surface area contributed by atoms with E-state index in [0.29, 0.717) is 19.0 Å². The summed E-state index contributed by atoms with van der Waals surface area (Å²) in [6.45, 7) is 1.28. The standard InChI is InChI=1S/C12H13NO4/c14-12(15)4-5-13-9-2-3-10-11(8-9)17-7-1-6-16-10/h2-5,8,13H,1,6-7H2,(H,14,15)/b5-4+. The van der Waals surface area contributed by atoms with E-state index >= 15 is 0 Å². The monoisotopic (exact) mass is 235 g/mol. The summed E-state index contributed by atoms with van der Waals surface area (Å²) in [5.74, 6) is 0.401. The highest BCUT2D eigenvalue weighted by molar-refractivity contribution is 5.80. The molecule has 17 heavy (non-hydrogen) atoms. The van der Waals surface area contributed by atoms with Gasteiger partial charge >= 0.3 is 5.97 Å². The molecule has 0 radical (unpaired) electrons. The van der Waals surface area contributed by atoms with Crippen molar-refractivity contribution in [2.45, 2.75) is 6.42 Å². The fourth-order valence-corrected chi connectivity index (χ4v) is 1.46. The second kappa shape index (κ2) is 5.25. The molecular formula is C12H13NO4. The lowest BCUT2D eigenvalue weighted by molar-refractivity contribution is -0.131. The number of rotatable bonds is 3. The molecule has 0 amide bonds. The molecule has 0 atom stereocenters. The van der Waals surface area contributed by atoms with Crippen molar-refractivity contribution >= 4 is 11.7 Å². The highest BCUT2D eigenvalue weighted by Crippen LogP contribution is 2.32. The molecule has 1 aromatic rings. The van der Waals surface area contributed by atoms with Gasteiger partial charge in [0.1, 0.15) is 0 Å². The lowest BCUT2D eigenvalue weighted by Crippen LogP contribution is -1.97. The normalized spacial score (nSPS) is 14.4. The first kappa shape index (κ1) is 11.3. The van der Waals surface area contributed by atoms with Gasteiger partial charge in [-0.2, -0.15) is 0 Å². The summed E-state index contributed by atoms with van der Waals surface area (Å²) in [6.07, 6.45) is 3.25. The smallest absolute Gasteiger partial charge is 0.329 e. The van der Waals surface area contributed by atoms with Crippen molar-refractivity contribution in [2.75, 3.05) is 18.5 Å². The number of hydrogen-bond acceptors (Lipinski definition) is 4. The molecular weight excluding hydrogens is 222 g/mol. The van der Waals surface area contributed by atoms with Crippen LogP contribution < -0.4 is 14.8 Å². The number of aliphatic carboxylic acids is 1. The molecule has 0 fully saturated rings. The van der Waals surface area contributed by atoms with Gasteiger partial charge in [-0.15, -0.1) is 0 Å². The van der Waals surface area contributed by atoms with Gasteiger partial charge in [-0.25, -0.2) is 4.79 Å². The number of fused-ring (bicyclic) bond motifs is 1. The van der Waals surface area contributed by atoms with Crippen LogP contribution in [-0.2, 0) is 4.79 Å². The van der Waals surface area contributed by atoms with E-state index < -0.39 is 5.97 Å². The molecule has 0 spiro atoms. The Hall–Kier alpha value is -2.17. The Morgan fingerprint density at radius 2 is 2.06 bits per heavy atom. The molecule has 1 heterocycles. The summed E-state index contributed by atoms with van der Waals surface area (Å²) in [6, 6.07) is 5.39. The molecule has 2 N–H and O–H groups in total. The van der Waals surface area contributed by atoms with Gasteiger partial charge in [0, 0.05) is 30.5 Å². The van der Waals surface area contributed by atoms with E-state index in [2.05, 4.69) is 5.32 Å². The Labute approximate surface area is 98.7 Å². The lowest BCUT2D eigenvalue weighted by Gasteiger charge is -2.08. The minimum absolute atomic E-state index is 0.626. The highest BCUT2D eigenvalue weighted by atomic mass is 16.5. The minimum Gasteiger partial charge on any atom is -0.490 e. The van der Waals surface area contributed by atoms with Crippen LogP contribution in [0.4, 0.5) is 5.69 Å². The average Bonchev–Trinajstić information content (AvgIpc) is 2.53. The van der Waals surface area contributed by atoms with Crippen LogP contribution >= 0.6 is 0 Å². The van der Waals surface area contributed by atoms with Gasteiger partial charge in [-0.1, -0.05) is 0 Å². The van der Waals surface area contributed by atoms with Crippen molar-refractivity contribution in [1.82, 2.24) is 0 Å². The Bertz CT molecular complexity index is 442. The van der Waals surface area contributed by atoms with E-state index in [9.17, 15) is 4.79 Å². The van der Waals surface area contributed by atoms with Crippen LogP contribution in [0.25, 0.3) is 0 Å². The third-order valence-electron chi connectivity index (χ3n) is 2.22. The summed E-state index contributed by atoms with van der Waals surface area (Å²) < 4.78 is 11.0. The maximum Gasteiger partial charge on any atom is 0.329 e. The molecule has 1 aliphatic rings. The molecule has 5 heteroatoms. The second-order valence-corrected chi connectivity index (χ2v) is 3.53. The molecule has 0 aliphatic carbocycles. The quantitative estimate of drug-likeness (QED) is 0.783. The van der Waals surface area contributed by atoms with Gasteiger partial charge in [-0.3, -0.25) is 0 Å². The van der Waals surface area contributed by atoms with Gasteiger partial charge in [0.15, 0.2) is 11.5 Å². The third kappa shape index (κ3) is 3.14. The molecule has 0 saturated heterocycles. The first-order valence-electron chi connectivity index (χ1n) is 5.31. The molecule has 0 aromatic heterocycles. The number of nitrogens with one attached hydrogen (secondary N) is 1. The summed E-state index contributed by atoms with van der Waals surface area (Å²) >= 11 is 0. The van der Waals surface area contributed by atoms with E-state index in [-0.39, 0.29) is 0 Å². The molecule has 5 nitrogen and oxygen atoms in total. The Balaban J connectivity index is 2.09. The molecule has 1 aromatic carbocycles. The van der Waals surface area contributed by atoms with Gasteiger partial charge in [-0.05, 0) is 12.1 Å². The van der Waals surface area contributed by atoms with Gasteiger partial charge in [0.05, 0.1) is 13.2 Å². The average molecular weight is 235 g/mol. The zero-order chi connectivity index (χ0) is 12.1. The molecule has 2 rings (SSSR count). The van der Waals surface area contributed by atoms with Crippen molar-refractivity contribution < 1.29 is 19.4 Å². The molecule has 0 saturated carbocycles. The number of carboxylic acid groups (broad SMARTS) is 1. The number of carboxylic acids is 1. The SMILES string of the molecule is O=C(O)/C=C/Nc1ccc2c(c1)OCCCO2. The predicted octanol–water partition coefficient (Wildman–Crippen LogP) is 1.86. The van der Waals surface area contributed by atoms with Crippen molar-refractivity contribution in [3.8, 4) is 11.5 Å². The van der Waals surface area contributed by atoms with Crippen LogP contribution in [0.2, 0.25) is 0 Å². The highest BCUT2D eigenvalue weighted by Gasteiger charge is 2.09. The van der Waals surface area contributed by atoms with E-state index in [4.69, 9.17) is 14.6 Å². The van der Waals surface area contributed by atoms with Crippen LogP contribution in [0, 0.1) is 0 Å². The van der Waals surface area contributed by atoms with E-state index in [1.165, 1.54) is 6.20 Å². The molecule has 1 aliphatic heterocycles. The topological polar surface area (TPSA) is 67.8 Å². The van der Waals surface area contributed by atoms with E-state index in [1.54, 1.807) is 18.2 Å². The summed E-state index contributed by atoms with van der Waals surface area (Å²) in [4.78, 5) is 10.3. The Morgan fingerprint density at radius 3 is 2.82 bits per heavy atom. The van der Waals surface area contributed by atoms with Crippen LogP contribution in [0.3, 0.4) is 0 Å². The Kier molecular flexibility index (Phi) is 3.49. The minimum atomic E-state index is -0.994. The van der Waals surface area contributed by atoms with Crippen molar-refractivity contribution in [3.63, 3.8) is 0 Å². The largest absolute Gasteiger partial charge is 0.490 e. The summed E-state index contributed by atoms with van der Waals surface area (Å²) in [7, 11) is 0. The van der Waals surface area contributed by atoms with E-state index in [1.807, 2.05) is 0 Å². The van der Waals surface area contributed by atoms with Gasteiger partial charge in [0.2, 0.25) is 0 Å². The fourth-order valence-electron chi connectivity index (χ4n) is 1.46. The van der Waals surface area contributed by atoms with Crippen LogP contribution in [-0.4, -0.2) is 24.3 Å². The number of carbonyl (C=O) groups is 1. The lowest BCUT2D eigenvalue weighted by atomic mass is 10.3. The van der Waals surface area contributed by atoms with E-state index in [0.717, 1.165) is 23.9 Å². The van der Waals surface area contributed by atoms with Gasteiger partial charge < -0.3 is 19.9 Å². The fraction of sp³-hybridized carbons (Fsp3) is 0.250. The maximum atomic E-state index is 10.3. The number of ether oxygens (including phenoxy) is 2. The van der Waals surface area contributed by atoms with Crippen molar-refractivity contribution in [3.05, 3.63) is 30.5 Å². The molecule has 0 bridgehead atoms. The summed E-state index contributed by atoms with van der Waals surface area (Å²) in [5.41, 5.74) is 0.756.